The van der Waals surface area contributed by atoms with Crippen LogP contribution in [0, 0.1) is 0 Å². The molecule has 0 amide bonds. The van der Waals surface area contributed by atoms with Crippen molar-refractivity contribution in [3.05, 3.63) is 11.2 Å². The average molecular weight is 322 g/mol. The monoisotopic (exact) mass is 322 g/mol. The van der Waals surface area contributed by atoms with Gasteiger partial charge in [-0.15, -0.1) is 11.3 Å². The third-order valence-corrected chi connectivity index (χ3v) is 5.13. The Morgan fingerprint density at radius 3 is 2.80 bits per heavy atom. The van der Waals surface area contributed by atoms with Gasteiger partial charge in [-0.3, -0.25) is 0 Å². The number of carboxylic acid groups (broad SMARTS) is 1. The fourth-order valence-electron chi connectivity index (χ4n) is 1.39. The molecule has 2 N–H and O–H groups in total. The van der Waals surface area contributed by atoms with Crippen molar-refractivity contribution in [3.8, 4) is 0 Å². The van der Waals surface area contributed by atoms with Crippen LogP contribution >= 0.6 is 11.3 Å². The van der Waals surface area contributed by atoms with Crippen molar-refractivity contribution >= 4 is 27.3 Å². The summed E-state index contributed by atoms with van der Waals surface area (Å²) in [5.74, 6) is -1.35. The molecule has 0 unspecified atom stereocenters. The predicted octanol–water partition coefficient (Wildman–Crippen LogP) is 1.32. The second-order valence-corrected chi connectivity index (χ2v) is 7.13. The van der Waals surface area contributed by atoms with Gasteiger partial charge in [-0.25, -0.2) is 22.9 Å². The smallest absolute Gasteiger partial charge is 0.356 e. The standard InChI is InChI=1S/C11H18N2O5S2/c1-8(2)18-6-4-3-5-13-20(16,17)11-9(10(14)15)12-7-19-11/h7-8,13H,3-6H2,1-2H3,(H,14,15). The largest absolute Gasteiger partial charge is 0.476 e. The van der Waals surface area contributed by atoms with Gasteiger partial charge in [0.1, 0.15) is 0 Å². The third kappa shape index (κ3) is 5.16. The Bertz CT molecular complexity index is 539. The molecule has 0 atom stereocenters. The minimum Gasteiger partial charge on any atom is -0.476 e. The molecule has 1 heterocycles. The van der Waals surface area contributed by atoms with Crippen molar-refractivity contribution in [2.45, 2.75) is 37.0 Å². The molecule has 0 fully saturated rings. The summed E-state index contributed by atoms with van der Waals surface area (Å²) in [5.41, 5.74) is 0.764. The molecular formula is C11H18N2O5S2. The van der Waals surface area contributed by atoms with Crippen LogP contribution in [-0.2, 0) is 14.8 Å². The summed E-state index contributed by atoms with van der Waals surface area (Å²) >= 11 is 0.790. The van der Waals surface area contributed by atoms with Gasteiger partial charge in [0.15, 0.2) is 9.90 Å². The molecule has 20 heavy (non-hydrogen) atoms. The number of carbonyl (C=O) groups is 1. The van der Waals surface area contributed by atoms with E-state index >= 15 is 0 Å². The zero-order valence-corrected chi connectivity index (χ0v) is 13.0. The van der Waals surface area contributed by atoms with E-state index in [0.717, 1.165) is 17.8 Å². The lowest BCUT2D eigenvalue weighted by Crippen LogP contribution is -2.26. The van der Waals surface area contributed by atoms with Crippen LogP contribution in [0.2, 0.25) is 0 Å². The number of thiazole rings is 1. The number of sulfonamides is 1. The molecule has 1 aromatic rings. The van der Waals surface area contributed by atoms with E-state index in [1.165, 1.54) is 5.51 Å². The van der Waals surface area contributed by atoms with E-state index in [-0.39, 0.29) is 16.9 Å². The Morgan fingerprint density at radius 2 is 2.20 bits per heavy atom. The summed E-state index contributed by atoms with van der Waals surface area (Å²) in [6.45, 7) is 4.67. The Labute approximate surface area is 122 Å². The number of carboxylic acids is 1. The molecule has 0 saturated heterocycles. The molecule has 114 valence electrons. The van der Waals surface area contributed by atoms with Gasteiger partial charge in [-0.05, 0) is 26.7 Å². The van der Waals surface area contributed by atoms with E-state index in [2.05, 4.69) is 9.71 Å². The van der Waals surface area contributed by atoms with Gasteiger partial charge in [-0.1, -0.05) is 0 Å². The van der Waals surface area contributed by atoms with Crippen LogP contribution in [0.1, 0.15) is 37.2 Å². The van der Waals surface area contributed by atoms with Gasteiger partial charge in [0.2, 0.25) is 0 Å². The molecule has 7 nitrogen and oxygen atoms in total. The highest BCUT2D eigenvalue weighted by atomic mass is 32.2. The van der Waals surface area contributed by atoms with Crippen molar-refractivity contribution in [1.82, 2.24) is 9.71 Å². The molecule has 0 aliphatic carbocycles. The zero-order chi connectivity index (χ0) is 15.2. The van der Waals surface area contributed by atoms with Crippen LogP contribution in [-0.4, -0.2) is 43.7 Å². The molecule has 0 aromatic carbocycles. The van der Waals surface area contributed by atoms with Crippen molar-refractivity contribution in [3.63, 3.8) is 0 Å². The number of aromatic nitrogens is 1. The fourth-order valence-corrected chi connectivity index (χ4v) is 3.64. The number of nitrogens with one attached hydrogen (secondary N) is 1. The topological polar surface area (TPSA) is 106 Å². The average Bonchev–Trinajstić information content (AvgIpc) is 2.83. The molecule has 9 heteroatoms. The van der Waals surface area contributed by atoms with Crippen LogP contribution in [0.4, 0.5) is 0 Å². The minimum absolute atomic E-state index is 0.155. The number of unbranched alkanes of at least 4 members (excludes halogenated alkanes) is 1. The van der Waals surface area contributed by atoms with Crippen LogP contribution in [0.25, 0.3) is 0 Å². The first kappa shape index (κ1) is 17.0. The maximum absolute atomic E-state index is 11.9. The first-order valence-corrected chi connectivity index (χ1v) is 8.49. The van der Waals surface area contributed by atoms with E-state index in [0.29, 0.717) is 13.0 Å². The van der Waals surface area contributed by atoms with Gasteiger partial charge in [0.05, 0.1) is 11.6 Å². The van der Waals surface area contributed by atoms with Crippen LogP contribution < -0.4 is 4.72 Å². The summed E-state index contributed by atoms with van der Waals surface area (Å²) in [5, 5.41) is 8.85. The quantitative estimate of drug-likeness (QED) is 0.664. The van der Waals surface area contributed by atoms with E-state index < -0.39 is 21.7 Å². The highest BCUT2D eigenvalue weighted by Crippen LogP contribution is 2.19. The number of hydrogen-bond acceptors (Lipinski definition) is 6. The molecule has 1 aromatic heterocycles. The van der Waals surface area contributed by atoms with Crippen LogP contribution in [0.15, 0.2) is 9.72 Å². The molecule has 0 aliphatic heterocycles. The number of aromatic carboxylic acids is 1. The molecule has 1 rings (SSSR count). The molecule has 0 bridgehead atoms. The minimum atomic E-state index is -3.81. The van der Waals surface area contributed by atoms with E-state index in [9.17, 15) is 13.2 Å². The predicted molar refractivity (Wildman–Crippen MR) is 74.6 cm³/mol. The van der Waals surface area contributed by atoms with Gasteiger partial charge >= 0.3 is 5.97 Å². The highest BCUT2D eigenvalue weighted by molar-refractivity contribution is 7.91. The number of rotatable bonds is 9. The molecular weight excluding hydrogens is 304 g/mol. The summed E-state index contributed by atoms with van der Waals surface area (Å²) in [6.07, 6.45) is 1.50. The lowest BCUT2D eigenvalue weighted by atomic mass is 10.3. The van der Waals surface area contributed by atoms with E-state index in [1.54, 1.807) is 0 Å². The SMILES string of the molecule is CC(C)OCCCCNS(=O)(=O)c1scnc1C(=O)O. The Kier molecular flexibility index (Phi) is 6.53. The van der Waals surface area contributed by atoms with Gasteiger partial charge in [0, 0.05) is 13.2 Å². The second-order valence-electron chi connectivity index (χ2n) is 4.32. The summed E-state index contributed by atoms with van der Waals surface area (Å²) < 4.78 is 31.3. The Morgan fingerprint density at radius 1 is 1.50 bits per heavy atom. The number of nitrogens with zero attached hydrogens (tertiary/aromatic N) is 1. The van der Waals surface area contributed by atoms with Crippen molar-refractivity contribution in [1.29, 1.82) is 0 Å². The fraction of sp³-hybridized carbons (Fsp3) is 0.636. The summed E-state index contributed by atoms with van der Waals surface area (Å²) in [7, 11) is -3.81. The first-order chi connectivity index (χ1) is 9.34. The normalized spacial score (nSPS) is 11.9. The molecule has 0 saturated carbocycles. The van der Waals surface area contributed by atoms with Gasteiger partial charge in [-0.2, -0.15) is 0 Å². The molecule has 0 radical (unpaired) electrons. The van der Waals surface area contributed by atoms with Crippen molar-refractivity contribution in [2.24, 2.45) is 0 Å². The maximum atomic E-state index is 11.9. The lowest BCUT2D eigenvalue weighted by Gasteiger charge is -2.08. The second kappa shape index (κ2) is 7.67. The van der Waals surface area contributed by atoms with Crippen molar-refractivity contribution in [2.75, 3.05) is 13.2 Å². The summed E-state index contributed by atoms with van der Waals surface area (Å²) in [6, 6.07) is 0. The van der Waals surface area contributed by atoms with Crippen molar-refractivity contribution < 1.29 is 23.1 Å². The summed E-state index contributed by atoms with van der Waals surface area (Å²) in [4.78, 5) is 14.4. The van der Waals surface area contributed by atoms with Crippen LogP contribution in [0.5, 0.6) is 0 Å². The Hall–Kier alpha value is -1.03. The first-order valence-electron chi connectivity index (χ1n) is 6.12. The maximum Gasteiger partial charge on any atom is 0.356 e. The Balaban J connectivity index is 2.46. The highest BCUT2D eigenvalue weighted by Gasteiger charge is 2.25. The molecule has 0 spiro atoms. The zero-order valence-electron chi connectivity index (χ0n) is 11.3. The van der Waals surface area contributed by atoms with E-state index in [4.69, 9.17) is 9.84 Å². The third-order valence-electron chi connectivity index (χ3n) is 2.30. The van der Waals surface area contributed by atoms with Gasteiger partial charge < -0.3 is 9.84 Å². The van der Waals surface area contributed by atoms with Gasteiger partial charge in [0.25, 0.3) is 10.0 Å². The number of hydrogen-bond donors (Lipinski definition) is 2. The lowest BCUT2D eigenvalue weighted by molar-refractivity contribution is 0.0687. The number of ether oxygens (including phenoxy) is 1. The van der Waals surface area contributed by atoms with Crippen LogP contribution in [0.3, 0.4) is 0 Å². The molecule has 0 aliphatic rings. The van der Waals surface area contributed by atoms with E-state index in [1.807, 2.05) is 13.8 Å².